The lowest BCUT2D eigenvalue weighted by molar-refractivity contribution is 0.0621. The SMILES string of the molecule is Cc1cc(C(=O)N2[C@@H]3CC[C@H]2CNC3)c2ccc(C)c(C)c2n1. The monoisotopic (exact) mass is 309 g/mol. The first-order chi connectivity index (χ1) is 11.1. The molecule has 2 saturated heterocycles. The summed E-state index contributed by atoms with van der Waals surface area (Å²) in [5, 5.41) is 4.43. The number of amides is 1. The first-order valence-electron chi connectivity index (χ1n) is 8.47. The number of nitrogens with one attached hydrogen (secondary N) is 1. The number of hydrogen-bond acceptors (Lipinski definition) is 3. The highest BCUT2D eigenvalue weighted by molar-refractivity contribution is 6.07. The Balaban J connectivity index is 1.85. The van der Waals surface area contributed by atoms with Crippen molar-refractivity contribution in [2.24, 2.45) is 0 Å². The highest BCUT2D eigenvalue weighted by atomic mass is 16.2. The van der Waals surface area contributed by atoms with E-state index in [1.165, 1.54) is 11.1 Å². The van der Waals surface area contributed by atoms with Gasteiger partial charge in [-0.2, -0.15) is 0 Å². The molecule has 2 fully saturated rings. The lowest BCUT2D eigenvalue weighted by Crippen LogP contribution is -2.54. The molecule has 1 aromatic heterocycles. The smallest absolute Gasteiger partial charge is 0.255 e. The number of carbonyl (C=O) groups is 1. The Morgan fingerprint density at radius 3 is 2.57 bits per heavy atom. The molecule has 2 bridgehead atoms. The van der Waals surface area contributed by atoms with Crippen molar-refractivity contribution < 1.29 is 4.79 Å². The topological polar surface area (TPSA) is 45.2 Å². The third kappa shape index (κ3) is 2.24. The van der Waals surface area contributed by atoms with Crippen LogP contribution in [-0.4, -0.2) is 41.0 Å². The van der Waals surface area contributed by atoms with Gasteiger partial charge in [0.05, 0.1) is 11.1 Å². The number of carbonyl (C=O) groups excluding carboxylic acids is 1. The van der Waals surface area contributed by atoms with Crippen molar-refractivity contribution in [2.75, 3.05) is 13.1 Å². The Morgan fingerprint density at radius 1 is 1.17 bits per heavy atom. The third-order valence-electron chi connectivity index (χ3n) is 5.48. The van der Waals surface area contributed by atoms with Crippen LogP contribution in [0.25, 0.3) is 10.9 Å². The van der Waals surface area contributed by atoms with Crippen LogP contribution in [0.5, 0.6) is 0 Å². The van der Waals surface area contributed by atoms with Crippen molar-refractivity contribution in [3.63, 3.8) is 0 Å². The van der Waals surface area contributed by atoms with Gasteiger partial charge in [0.25, 0.3) is 5.91 Å². The van der Waals surface area contributed by atoms with Gasteiger partial charge in [0, 0.05) is 36.3 Å². The number of fused-ring (bicyclic) bond motifs is 3. The minimum Gasteiger partial charge on any atom is -0.330 e. The third-order valence-corrected chi connectivity index (χ3v) is 5.48. The Bertz CT molecular complexity index is 783. The fourth-order valence-electron chi connectivity index (χ4n) is 4.08. The summed E-state index contributed by atoms with van der Waals surface area (Å²) in [4.78, 5) is 20.1. The number of aryl methyl sites for hydroxylation is 3. The molecule has 4 heteroatoms. The zero-order valence-corrected chi connectivity index (χ0v) is 14.0. The maximum absolute atomic E-state index is 13.3. The molecule has 4 rings (SSSR count). The minimum absolute atomic E-state index is 0.178. The van der Waals surface area contributed by atoms with Crippen LogP contribution < -0.4 is 5.32 Å². The maximum atomic E-state index is 13.3. The summed E-state index contributed by atoms with van der Waals surface area (Å²) in [6.45, 7) is 8.00. The number of pyridine rings is 1. The Kier molecular flexibility index (Phi) is 3.38. The van der Waals surface area contributed by atoms with Gasteiger partial charge in [0.1, 0.15) is 0 Å². The van der Waals surface area contributed by atoms with Crippen LogP contribution in [0.2, 0.25) is 0 Å². The molecule has 23 heavy (non-hydrogen) atoms. The minimum atomic E-state index is 0.178. The molecule has 4 nitrogen and oxygen atoms in total. The molecule has 2 aliphatic heterocycles. The van der Waals surface area contributed by atoms with Gasteiger partial charge in [-0.15, -0.1) is 0 Å². The molecule has 0 saturated carbocycles. The van der Waals surface area contributed by atoms with E-state index in [1.807, 2.05) is 13.0 Å². The molecular weight excluding hydrogens is 286 g/mol. The normalized spacial score (nSPS) is 23.5. The fourth-order valence-corrected chi connectivity index (χ4v) is 4.08. The van der Waals surface area contributed by atoms with Crippen LogP contribution in [0.1, 0.15) is 40.0 Å². The average molecular weight is 309 g/mol. The number of aromatic nitrogens is 1. The van der Waals surface area contributed by atoms with E-state index in [0.717, 1.165) is 48.1 Å². The van der Waals surface area contributed by atoms with Crippen molar-refractivity contribution in [1.29, 1.82) is 0 Å². The molecule has 0 aliphatic carbocycles. The van der Waals surface area contributed by atoms with E-state index in [9.17, 15) is 4.79 Å². The molecule has 2 atom stereocenters. The molecule has 120 valence electrons. The van der Waals surface area contributed by atoms with Crippen LogP contribution in [0.3, 0.4) is 0 Å². The molecule has 0 spiro atoms. The van der Waals surface area contributed by atoms with E-state index in [1.54, 1.807) is 0 Å². The molecular formula is C19H23N3O. The number of nitrogens with zero attached hydrogens (tertiary/aromatic N) is 2. The van der Waals surface area contributed by atoms with Crippen molar-refractivity contribution in [3.05, 3.63) is 40.6 Å². The molecule has 2 aliphatic rings. The van der Waals surface area contributed by atoms with Crippen LogP contribution in [0, 0.1) is 20.8 Å². The second-order valence-corrected chi connectivity index (χ2v) is 6.97. The Hall–Kier alpha value is -1.94. The summed E-state index contributed by atoms with van der Waals surface area (Å²) in [5.74, 6) is 0.178. The van der Waals surface area contributed by atoms with Gasteiger partial charge < -0.3 is 10.2 Å². The summed E-state index contributed by atoms with van der Waals surface area (Å²) in [7, 11) is 0. The van der Waals surface area contributed by atoms with Crippen LogP contribution >= 0.6 is 0 Å². The van der Waals surface area contributed by atoms with E-state index in [-0.39, 0.29) is 5.91 Å². The molecule has 1 N–H and O–H groups in total. The first-order valence-corrected chi connectivity index (χ1v) is 8.47. The van der Waals surface area contributed by atoms with Crippen LogP contribution in [0.15, 0.2) is 18.2 Å². The van der Waals surface area contributed by atoms with Gasteiger partial charge in [-0.25, -0.2) is 0 Å². The lowest BCUT2D eigenvalue weighted by atomic mass is 9.99. The number of hydrogen-bond donors (Lipinski definition) is 1. The number of piperazine rings is 1. The molecule has 0 unspecified atom stereocenters. The van der Waals surface area contributed by atoms with Crippen LogP contribution in [-0.2, 0) is 0 Å². The second kappa shape index (κ2) is 5.31. The van der Waals surface area contributed by atoms with Crippen molar-refractivity contribution in [1.82, 2.24) is 15.2 Å². The maximum Gasteiger partial charge on any atom is 0.255 e. The Morgan fingerprint density at radius 2 is 1.87 bits per heavy atom. The van der Waals surface area contributed by atoms with E-state index in [0.29, 0.717) is 12.1 Å². The lowest BCUT2D eigenvalue weighted by Gasteiger charge is -2.35. The highest BCUT2D eigenvalue weighted by Crippen LogP contribution is 2.31. The Labute approximate surface area is 136 Å². The second-order valence-electron chi connectivity index (χ2n) is 6.97. The standard InChI is InChI=1S/C19H23N3O/c1-11-4-7-16-17(8-12(2)21-18(16)13(11)3)19(23)22-14-5-6-15(22)10-20-9-14/h4,7-8,14-15,20H,5-6,9-10H2,1-3H3/t14-,15+. The quantitative estimate of drug-likeness (QED) is 0.881. The first kappa shape index (κ1) is 14.6. The van der Waals surface area contributed by atoms with E-state index < -0.39 is 0 Å². The van der Waals surface area contributed by atoms with E-state index >= 15 is 0 Å². The predicted octanol–water partition coefficient (Wildman–Crippen LogP) is 2.74. The zero-order valence-electron chi connectivity index (χ0n) is 14.0. The van der Waals surface area contributed by atoms with Crippen LogP contribution in [0.4, 0.5) is 0 Å². The average Bonchev–Trinajstić information content (AvgIpc) is 2.79. The number of rotatable bonds is 1. The van der Waals surface area contributed by atoms with Gasteiger partial charge in [-0.05, 0) is 50.8 Å². The van der Waals surface area contributed by atoms with E-state index in [2.05, 4.69) is 36.2 Å². The summed E-state index contributed by atoms with van der Waals surface area (Å²) in [6.07, 6.45) is 2.23. The van der Waals surface area contributed by atoms with Gasteiger partial charge in [-0.3, -0.25) is 9.78 Å². The van der Waals surface area contributed by atoms with Crippen molar-refractivity contribution in [3.8, 4) is 0 Å². The predicted molar refractivity (Wildman–Crippen MR) is 91.8 cm³/mol. The summed E-state index contributed by atoms with van der Waals surface area (Å²) >= 11 is 0. The van der Waals surface area contributed by atoms with Gasteiger partial charge in [0.2, 0.25) is 0 Å². The summed E-state index contributed by atoms with van der Waals surface area (Å²) in [5.41, 5.74) is 5.09. The largest absolute Gasteiger partial charge is 0.330 e. The van der Waals surface area contributed by atoms with Gasteiger partial charge >= 0.3 is 0 Å². The summed E-state index contributed by atoms with van der Waals surface area (Å²) < 4.78 is 0. The summed E-state index contributed by atoms with van der Waals surface area (Å²) in [6, 6.07) is 6.80. The van der Waals surface area contributed by atoms with E-state index in [4.69, 9.17) is 4.98 Å². The van der Waals surface area contributed by atoms with Gasteiger partial charge in [-0.1, -0.05) is 12.1 Å². The highest BCUT2D eigenvalue weighted by Gasteiger charge is 2.40. The molecule has 1 amide bonds. The fraction of sp³-hybridized carbons (Fsp3) is 0.474. The van der Waals surface area contributed by atoms with Crippen molar-refractivity contribution in [2.45, 2.75) is 45.7 Å². The zero-order chi connectivity index (χ0) is 16.1. The molecule has 0 radical (unpaired) electrons. The molecule has 3 heterocycles. The molecule has 2 aromatic rings. The molecule has 1 aromatic carbocycles. The number of benzene rings is 1. The van der Waals surface area contributed by atoms with Crippen molar-refractivity contribution >= 4 is 16.8 Å². The van der Waals surface area contributed by atoms with Gasteiger partial charge in [0.15, 0.2) is 0 Å².